The molecule has 2 N–H and O–H groups in total. The van der Waals surface area contributed by atoms with E-state index in [9.17, 15) is 13.2 Å². The highest BCUT2D eigenvalue weighted by atomic mass is 127. The Labute approximate surface area is 183 Å². The monoisotopic (exact) mass is 528 g/mol. The third-order valence-electron chi connectivity index (χ3n) is 3.50. The Morgan fingerprint density at radius 1 is 1.25 bits per heavy atom. The van der Waals surface area contributed by atoms with Gasteiger partial charge in [0.2, 0.25) is 0 Å². The molecule has 0 saturated carbocycles. The normalized spacial score (nSPS) is 11.9. The summed E-state index contributed by atoms with van der Waals surface area (Å²) in [6.07, 6.45) is -4.37. The lowest BCUT2D eigenvalue weighted by atomic mass is 10.1. The Morgan fingerprint density at radius 2 is 1.93 bits per heavy atom. The first-order valence-electron chi connectivity index (χ1n) is 8.41. The summed E-state index contributed by atoms with van der Waals surface area (Å²) in [6.45, 7) is 6.54. The highest BCUT2D eigenvalue weighted by Gasteiger charge is 2.33. The maximum Gasteiger partial charge on any atom is 0.434 e. The fourth-order valence-corrected chi connectivity index (χ4v) is 2.99. The number of guanidine groups is 1. The van der Waals surface area contributed by atoms with E-state index in [2.05, 4.69) is 20.6 Å². The van der Waals surface area contributed by atoms with Crippen LogP contribution in [0.1, 0.15) is 35.7 Å². The van der Waals surface area contributed by atoms with Crippen molar-refractivity contribution in [1.82, 2.24) is 15.6 Å². The number of aliphatic imine (C=N–C) groups is 1. The molecule has 0 amide bonds. The number of thiazole rings is 1. The van der Waals surface area contributed by atoms with E-state index in [4.69, 9.17) is 4.74 Å². The lowest BCUT2D eigenvalue weighted by Crippen LogP contribution is -2.36. The summed E-state index contributed by atoms with van der Waals surface area (Å²) in [5.41, 5.74) is 1.19. The molecule has 1 heterocycles. The number of aryl methyl sites for hydroxylation is 1. The number of ether oxygens (including phenoxy) is 1. The molecule has 0 unspecified atom stereocenters. The Balaban J connectivity index is 0.00000392. The van der Waals surface area contributed by atoms with Crippen molar-refractivity contribution >= 4 is 41.3 Å². The molecule has 1 aromatic carbocycles. The molecule has 0 aliphatic carbocycles. The minimum absolute atomic E-state index is 0. The highest BCUT2D eigenvalue weighted by Crippen LogP contribution is 2.29. The molecule has 156 valence electrons. The Morgan fingerprint density at radius 3 is 2.50 bits per heavy atom. The van der Waals surface area contributed by atoms with Gasteiger partial charge in [-0.2, -0.15) is 13.2 Å². The van der Waals surface area contributed by atoms with Crippen LogP contribution in [0.3, 0.4) is 0 Å². The maximum absolute atomic E-state index is 12.6. The van der Waals surface area contributed by atoms with Crippen molar-refractivity contribution in [3.63, 3.8) is 0 Å². The second kappa shape index (κ2) is 10.8. The first-order chi connectivity index (χ1) is 12.7. The number of alkyl halides is 3. The average molecular weight is 528 g/mol. The van der Waals surface area contributed by atoms with Crippen LogP contribution in [0.4, 0.5) is 13.2 Å². The van der Waals surface area contributed by atoms with Gasteiger partial charge in [-0.25, -0.2) is 4.98 Å². The van der Waals surface area contributed by atoms with Crippen LogP contribution in [-0.2, 0) is 19.3 Å². The van der Waals surface area contributed by atoms with Gasteiger partial charge in [0.25, 0.3) is 0 Å². The Hall–Kier alpha value is -1.56. The first-order valence-corrected chi connectivity index (χ1v) is 9.29. The average Bonchev–Trinajstić information content (AvgIpc) is 3.05. The number of halogens is 4. The zero-order valence-corrected chi connectivity index (χ0v) is 19.2. The van der Waals surface area contributed by atoms with Gasteiger partial charge in [0, 0.05) is 24.5 Å². The van der Waals surface area contributed by atoms with Gasteiger partial charge in [-0.15, -0.1) is 35.3 Å². The Kier molecular flexibility index (Phi) is 9.48. The molecule has 10 heteroatoms. The van der Waals surface area contributed by atoms with Gasteiger partial charge in [-0.1, -0.05) is 12.1 Å². The fourth-order valence-electron chi connectivity index (χ4n) is 2.25. The summed E-state index contributed by atoms with van der Waals surface area (Å²) in [4.78, 5) is 7.68. The molecule has 0 radical (unpaired) electrons. The third-order valence-corrected chi connectivity index (χ3v) is 4.35. The van der Waals surface area contributed by atoms with Gasteiger partial charge in [0.15, 0.2) is 11.7 Å². The molecule has 0 atom stereocenters. The van der Waals surface area contributed by atoms with Gasteiger partial charge in [0.1, 0.15) is 10.8 Å². The summed E-state index contributed by atoms with van der Waals surface area (Å²) in [5, 5.41) is 7.46. The molecule has 2 aromatic rings. The minimum Gasteiger partial charge on any atom is -0.491 e. The standard InChI is InChI=1S/C18H23F3N4OS.HI/c1-11(2)26-14-7-12(3)5-6-13(14)8-23-17(22-4)24-9-16-25-15(10-27-16)18(19,20)21;/h5-7,10-11H,8-9H2,1-4H3,(H2,22,23,24);1H. The second-order valence-corrected chi connectivity index (χ2v) is 7.12. The van der Waals surface area contributed by atoms with Crippen LogP contribution in [0, 0.1) is 6.92 Å². The molecule has 0 aliphatic rings. The van der Waals surface area contributed by atoms with E-state index in [-0.39, 0.29) is 36.6 Å². The number of hydrogen-bond donors (Lipinski definition) is 2. The van der Waals surface area contributed by atoms with Crippen molar-refractivity contribution in [3.8, 4) is 5.75 Å². The molecule has 5 nitrogen and oxygen atoms in total. The van der Waals surface area contributed by atoms with Gasteiger partial charge >= 0.3 is 6.18 Å². The second-order valence-electron chi connectivity index (χ2n) is 6.18. The Bertz CT molecular complexity index is 793. The molecule has 0 fully saturated rings. The fraction of sp³-hybridized carbons (Fsp3) is 0.444. The van der Waals surface area contributed by atoms with Gasteiger partial charge in [0.05, 0.1) is 12.6 Å². The summed E-state index contributed by atoms with van der Waals surface area (Å²) in [5.74, 6) is 1.26. The highest BCUT2D eigenvalue weighted by molar-refractivity contribution is 14.0. The molecule has 0 spiro atoms. The predicted molar refractivity (Wildman–Crippen MR) is 117 cm³/mol. The predicted octanol–water partition coefficient (Wildman–Crippen LogP) is 4.74. The first kappa shape index (κ1) is 24.5. The van der Waals surface area contributed by atoms with E-state index in [0.717, 1.165) is 33.6 Å². The molecule has 0 saturated heterocycles. The lowest BCUT2D eigenvalue weighted by Gasteiger charge is -2.17. The number of aromatic nitrogens is 1. The van der Waals surface area contributed by atoms with Crippen molar-refractivity contribution in [2.75, 3.05) is 7.05 Å². The number of nitrogens with one attached hydrogen (secondary N) is 2. The van der Waals surface area contributed by atoms with Crippen LogP contribution in [-0.4, -0.2) is 24.1 Å². The van der Waals surface area contributed by atoms with Crippen LogP contribution < -0.4 is 15.4 Å². The molecule has 1 aromatic heterocycles. The molecular formula is C18H24F3IN4OS. The molecule has 28 heavy (non-hydrogen) atoms. The quantitative estimate of drug-likeness (QED) is 0.323. The molecular weight excluding hydrogens is 504 g/mol. The largest absolute Gasteiger partial charge is 0.491 e. The van der Waals surface area contributed by atoms with Gasteiger partial charge in [-0.05, 0) is 32.4 Å². The van der Waals surface area contributed by atoms with Crippen LogP contribution in [0.25, 0.3) is 0 Å². The van der Waals surface area contributed by atoms with Crippen LogP contribution in [0.5, 0.6) is 5.75 Å². The van der Waals surface area contributed by atoms with Crippen molar-refractivity contribution in [1.29, 1.82) is 0 Å². The van der Waals surface area contributed by atoms with E-state index in [1.165, 1.54) is 0 Å². The van der Waals surface area contributed by atoms with E-state index >= 15 is 0 Å². The summed E-state index contributed by atoms with van der Waals surface area (Å²) in [6, 6.07) is 5.94. The summed E-state index contributed by atoms with van der Waals surface area (Å²) >= 11 is 0.958. The van der Waals surface area contributed by atoms with Crippen LogP contribution in [0.2, 0.25) is 0 Å². The molecule has 0 aliphatic heterocycles. The minimum atomic E-state index is -4.42. The third kappa shape index (κ3) is 7.46. The molecule has 0 bridgehead atoms. The number of rotatable bonds is 6. The zero-order chi connectivity index (χ0) is 20.0. The van der Waals surface area contributed by atoms with Crippen LogP contribution >= 0.6 is 35.3 Å². The zero-order valence-electron chi connectivity index (χ0n) is 16.1. The van der Waals surface area contributed by atoms with E-state index in [1.807, 2.05) is 39.0 Å². The SMILES string of the molecule is CN=C(NCc1nc(C(F)(F)F)cs1)NCc1ccc(C)cc1OC(C)C.I. The number of hydrogen-bond acceptors (Lipinski definition) is 4. The molecule has 2 rings (SSSR count). The van der Waals surface area contributed by atoms with Crippen molar-refractivity contribution in [2.24, 2.45) is 4.99 Å². The van der Waals surface area contributed by atoms with E-state index in [0.29, 0.717) is 17.5 Å². The van der Waals surface area contributed by atoms with E-state index in [1.54, 1.807) is 7.05 Å². The lowest BCUT2D eigenvalue weighted by molar-refractivity contribution is -0.140. The van der Waals surface area contributed by atoms with Gasteiger partial charge < -0.3 is 15.4 Å². The van der Waals surface area contributed by atoms with E-state index < -0.39 is 11.9 Å². The van der Waals surface area contributed by atoms with Crippen LogP contribution in [0.15, 0.2) is 28.6 Å². The maximum atomic E-state index is 12.6. The van der Waals surface area contributed by atoms with Crippen molar-refractivity contribution in [3.05, 3.63) is 45.4 Å². The van der Waals surface area contributed by atoms with Gasteiger partial charge in [-0.3, -0.25) is 4.99 Å². The smallest absolute Gasteiger partial charge is 0.434 e. The summed E-state index contributed by atoms with van der Waals surface area (Å²) in [7, 11) is 1.60. The number of nitrogens with zero attached hydrogens (tertiary/aromatic N) is 2. The summed E-state index contributed by atoms with van der Waals surface area (Å²) < 4.78 is 43.7. The number of benzene rings is 1. The topological polar surface area (TPSA) is 58.5 Å². The van der Waals surface area contributed by atoms with Crippen molar-refractivity contribution in [2.45, 2.75) is 46.1 Å². The van der Waals surface area contributed by atoms with Crippen molar-refractivity contribution < 1.29 is 17.9 Å².